The van der Waals surface area contributed by atoms with Crippen LogP contribution in [0.2, 0.25) is 0 Å². The van der Waals surface area contributed by atoms with Crippen molar-refractivity contribution in [2.75, 3.05) is 20.8 Å². The zero-order valence-electron chi connectivity index (χ0n) is 31.5. The van der Waals surface area contributed by atoms with E-state index in [-0.39, 0.29) is 11.7 Å². The highest BCUT2D eigenvalue weighted by Gasteiger charge is 2.52. The van der Waals surface area contributed by atoms with Crippen LogP contribution in [0, 0.1) is 0 Å². The van der Waals surface area contributed by atoms with Gasteiger partial charge in [0, 0.05) is 54.7 Å². The number of carbonyl (C=O) groups excluding carboxylic acids is 1. The summed E-state index contributed by atoms with van der Waals surface area (Å²) in [5.74, 6) is -0.843. The fourth-order valence-electron chi connectivity index (χ4n) is 8.26. The molecule has 0 unspecified atom stereocenters. The van der Waals surface area contributed by atoms with E-state index in [0.29, 0.717) is 42.5 Å². The van der Waals surface area contributed by atoms with Crippen molar-refractivity contribution in [3.05, 3.63) is 100 Å². The first-order valence-corrected chi connectivity index (χ1v) is 18.7. The highest BCUT2D eigenvalue weighted by molar-refractivity contribution is 5.90. The third-order valence-electron chi connectivity index (χ3n) is 10.9. The highest BCUT2D eigenvalue weighted by Crippen LogP contribution is 2.59. The van der Waals surface area contributed by atoms with E-state index < -0.39 is 73.5 Å². The molecule has 306 valence electrons. The number of nitrogens with zero attached hydrogens (tertiary/aromatic N) is 2. The Bertz CT molecular complexity index is 2160. The summed E-state index contributed by atoms with van der Waals surface area (Å²) in [7, 11) is 3.12. The van der Waals surface area contributed by atoms with Gasteiger partial charge in [-0.2, -0.15) is 0 Å². The lowest BCUT2D eigenvalue weighted by molar-refractivity contribution is -0.291. The summed E-state index contributed by atoms with van der Waals surface area (Å²) >= 11 is 0. The molecule has 9 atom stereocenters. The van der Waals surface area contributed by atoms with Gasteiger partial charge in [0.2, 0.25) is 12.0 Å². The number of esters is 1. The fourth-order valence-corrected chi connectivity index (χ4v) is 8.26. The van der Waals surface area contributed by atoms with Crippen LogP contribution in [0.15, 0.2) is 83.1 Å². The number of carboxylic acid groups (broad SMARTS) is 1. The summed E-state index contributed by atoms with van der Waals surface area (Å²) in [6.07, 6.45) is -7.78. The normalized spacial score (nSPS) is 26.9. The van der Waals surface area contributed by atoms with E-state index in [0.717, 1.165) is 33.5 Å². The Labute approximate surface area is 332 Å². The molecule has 58 heavy (non-hydrogen) atoms. The maximum Gasteiger partial charge on any atom is 0.317 e. The van der Waals surface area contributed by atoms with Crippen LogP contribution in [0.4, 0.5) is 0 Å². The van der Waals surface area contributed by atoms with Gasteiger partial charge in [-0.15, -0.1) is 0 Å². The van der Waals surface area contributed by atoms with E-state index in [1.165, 1.54) is 0 Å². The zero-order valence-corrected chi connectivity index (χ0v) is 31.5. The highest BCUT2D eigenvalue weighted by atomic mass is 16.7. The molecule has 0 spiro atoms. The molecular weight excluding hydrogens is 756 g/mol. The van der Waals surface area contributed by atoms with Gasteiger partial charge in [0.1, 0.15) is 54.5 Å². The summed E-state index contributed by atoms with van der Waals surface area (Å²) in [5.41, 5.74) is 17.1. The Morgan fingerprint density at radius 2 is 1.79 bits per heavy atom. The summed E-state index contributed by atoms with van der Waals surface area (Å²) in [6, 6.07) is 17.1. The van der Waals surface area contributed by atoms with Gasteiger partial charge in [-0.25, -0.2) is 0 Å². The number of aliphatic hydroxyl groups excluding tert-OH is 3. The minimum Gasteiger partial charge on any atom is -0.493 e. The number of aliphatic imine (C=N–C) groups is 1. The van der Waals surface area contributed by atoms with E-state index in [1.807, 2.05) is 54.7 Å². The molecule has 8 N–H and O–H groups in total. The number of nitrogens with two attached hydrogens (primary N) is 2. The summed E-state index contributed by atoms with van der Waals surface area (Å²) in [4.78, 5) is 30.0. The third kappa shape index (κ3) is 7.32. The van der Waals surface area contributed by atoms with E-state index in [4.69, 9.17) is 49.7 Å². The number of allylic oxidation sites excluding steroid dienone is 1. The molecule has 0 aromatic heterocycles. The number of hydrogen-bond donors (Lipinski definition) is 6. The predicted octanol–water partition coefficient (Wildman–Crippen LogP) is 1.41. The molecule has 0 radical (unpaired) electrons. The van der Waals surface area contributed by atoms with Gasteiger partial charge in [0.05, 0.1) is 32.0 Å². The van der Waals surface area contributed by atoms with Gasteiger partial charge in [-0.3, -0.25) is 14.6 Å². The minimum atomic E-state index is -1.88. The fraction of sp³-hybridized carbons (Fsp3) is 0.390. The van der Waals surface area contributed by atoms with Gasteiger partial charge in [-0.05, 0) is 29.3 Å². The second-order valence-electron chi connectivity index (χ2n) is 14.7. The van der Waals surface area contributed by atoms with Crippen LogP contribution < -0.4 is 35.2 Å². The molecule has 5 heterocycles. The molecular formula is C41H44N4O13. The van der Waals surface area contributed by atoms with Crippen LogP contribution in [-0.2, 0) is 32.0 Å². The molecule has 17 nitrogen and oxygen atoms in total. The quantitative estimate of drug-likeness (QED) is 0.0813. The average molecular weight is 801 g/mol. The van der Waals surface area contributed by atoms with Crippen LogP contribution in [0.3, 0.4) is 0 Å². The Hall–Kier alpha value is -5.69. The van der Waals surface area contributed by atoms with Crippen molar-refractivity contribution in [1.82, 2.24) is 4.90 Å². The monoisotopic (exact) mass is 800 g/mol. The molecule has 0 amide bonds. The molecule has 1 saturated heterocycles. The van der Waals surface area contributed by atoms with Gasteiger partial charge in [0.25, 0.3) is 0 Å². The lowest BCUT2D eigenvalue weighted by atomic mass is 9.80. The zero-order chi connectivity index (χ0) is 40.8. The molecule has 0 aliphatic carbocycles. The molecule has 0 bridgehead atoms. The second-order valence-corrected chi connectivity index (χ2v) is 14.7. The van der Waals surface area contributed by atoms with Crippen molar-refractivity contribution in [1.29, 1.82) is 0 Å². The number of fused-ring (bicyclic) bond motifs is 6. The lowest BCUT2D eigenvalue weighted by Gasteiger charge is -2.43. The summed E-state index contributed by atoms with van der Waals surface area (Å²) < 4.78 is 42.7. The van der Waals surface area contributed by atoms with Crippen molar-refractivity contribution < 1.29 is 63.2 Å². The van der Waals surface area contributed by atoms with Gasteiger partial charge >= 0.3 is 11.9 Å². The number of rotatable bonds is 13. The van der Waals surface area contributed by atoms with Crippen LogP contribution >= 0.6 is 0 Å². The number of carboxylic acids is 1. The second kappa shape index (κ2) is 15.9. The predicted molar refractivity (Wildman–Crippen MR) is 203 cm³/mol. The lowest BCUT2D eigenvalue weighted by Crippen LogP contribution is -2.66. The first-order valence-electron chi connectivity index (χ1n) is 18.7. The molecule has 8 rings (SSSR count). The number of hydrogen-bond acceptors (Lipinski definition) is 16. The van der Waals surface area contributed by atoms with Crippen molar-refractivity contribution in [3.8, 4) is 28.7 Å². The maximum absolute atomic E-state index is 12.3. The minimum absolute atomic E-state index is 0.160. The van der Waals surface area contributed by atoms with Crippen LogP contribution in [0.25, 0.3) is 0 Å². The Morgan fingerprint density at radius 3 is 2.50 bits per heavy atom. The summed E-state index contributed by atoms with van der Waals surface area (Å²) in [5, 5.41) is 42.1. The SMILES string of the molecule is COc1ccc2c(c1OC)O[C@H]1c3c(CN4C=C5N=CC=C5C4)cc(O[C@@H]4O[C@H]([C@H](OC(=O)CC(=O)O)C(N)N)[C@@H](O)[C@H](O)[C@H]4O)cc3O[C@H](Cc3ccccc3)[C@@H]21. The van der Waals surface area contributed by atoms with Gasteiger partial charge in [-0.1, -0.05) is 36.4 Å². The molecule has 1 fully saturated rings. The Kier molecular flexibility index (Phi) is 10.7. The molecule has 0 saturated carbocycles. The molecule has 3 aromatic rings. The van der Waals surface area contributed by atoms with Crippen molar-refractivity contribution in [3.63, 3.8) is 0 Å². The van der Waals surface area contributed by atoms with Gasteiger partial charge in [0.15, 0.2) is 17.6 Å². The Balaban J connectivity index is 1.18. The van der Waals surface area contributed by atoms with E-state index in [2.05, 4.69) is 9.89 Å². The average Bonchev–Trinajstić information content (AvgIpc) is 3.91. The third-order valence-corrected chi connectivity index (χ3v) is 10.9. The molecule has 3 aromatic carbocycles. The van der Waals surface area contributed by atoms with Crippen LogP contribution in [-0.4, -0.2) is 113 Å². The van der Waals surface area contributed by atoms with E-state index >= 15 is 0 Å². The first-order chi connectivity index (χ1) is 27.9. The maximum atomic E-state index is 12.3. The van der Waals surface area contributed by atoms with E-state index in [1.54, 1.807) is 32.6 Å². The number of benzene rings is 3. The largest absolute Gasteiger partial charge is 0.493 e. The topological polar surface area (TPSA) is 247 Å². The number of aliphatic hydroxyl groups is 3. The molecule has 17 heteroatoms. The van der Waals surface area contributed by atoms with E-state index in [9.17, 15) is 24.9 Å². The van der Waals surface area contributed by atoms with Crippen LogP contribution in [0.5, 0.6) is 28.7 Å². The first kappa shape index (κ1) is 39.2. The number of aliphatic carboxylic acids is 1. The van der Waals surface area contributed by atoms with Gasteiger partial charge < -0.3 is 70.0 Å². The summed E-state index contributed by atoms with van der Waals surface area (Å²) in [6.45, 7) is 0.943. The number of ether oxygens (including phenoxy) is 7. The van der Waals surface area contributed by atoms with Crippen LogP contribution in [0.1, 0.15) is 40.7 Å². The van der Waals surface area contributed by atoms with Crippen molar-refractivity contribution in [2.24, 2.45) is 16.5 Å². The van der Waals surface area contributed by atoms with Crippen molar-refractivity contribution >= 4 is 18.2 Å². The number of methoxy groups -OCH3 is 2. The molecule has 5 aliphatic heterocycles. The Morgan fingerprint density at radius 1 is 1.00 bits per heavy atom. The van der Waals surface area contributed by atoms with Crippen molar-refractivity contribution in [2.45, 2.75) is 80.5 Å². The smallest absolute Gasteiger partial charge is 0.317 e. The standard InChI is InChI=1S/C41H44N4O13/c1-52-25-9-8-23-31-26(12-19-6-4-3-5-7-19)55-27-14-22(54-41-34(51)32(49)33(50)38(58-41)39(40(42)43)56-29(48)15-28(46)47)13-21(17-45-16-20-10-11-44-24(20)18-45)30(27)37(31)57-35(23)36(25)53-2/h3-11,13-14,18,26,31-34,37-41,49-51H,12,15-17,42-43H2,1-2H3,(H,46,47)/t26-,31-,32+,33+,34-,37+,38+,39+,41-/m1/s1. The molecule has 5 aliphatic rings. The number of carbonyl (C=O) groups is 2.